The van der Waals surface area contributed by atoms with Crippen LogP contribution in [0.4, 0.5) is 0 Å². The summed E-state index contributed by atoms with van der Waals surface area (Å²) in [6, 6.07) is 0. The van der Waals surface area contributed by atoms with Gasteiger partial charge in [-0.15, -0.1) is 0 Å². The molecule has 0 amide bonds. The predicted octanol–water partition coefficient (Wildman–Crippen LogP) is 12.1. The zero-order chi connectivity index (χ0) is 45.1. The van der Waals surface area contributed by atoms with Gasteiger partial charge in [0.2, 0.25) is 0 Å². The fourth-order valence-electron chi connectivity index (χ4n) is 5.30. The number of ether oxygens (including phenoxy) is 2. The molecule has 0 bridgehead atoms. The Bertz CT molecular complexity index is 1420. The van der Waals surface area contributed by atoms with Gasteiger partial charge >= 0.3 is 19.8 Å². The van der Waals surface area contributed by atoms with Crippen molar-refractivity contribution in [1.29, 1.82) is 0 Å². The molecule has 0 aliphatic heterocycles. The third kappa shape index (κ3) is 44.5. The number of unbranched alkanes of at least 4 members (excludes halogenated alkanes) is 7. The lowest BCUT2D eigenvalue weighted by Crippen LogP contribution is -2.37. The maximum Gasteiger partial charge on any atom is 0.472 e. The maximum absolute atomic E-state index is 12.7. The van der Waals surface area contributed by atoms with E-state index in [-0.39, 0.29) is 32.5 Å². The summed E-state index contributed by atoms with van der Waals surface area (Å²) in [6.07, 6.45) is 51.8. The number of carbonyl (C=O) groups excluding carboxylic acids is 2. The highest BCUT2D eigenvalue weighted by atomic mass is 31.2. The Morgan fingerprint density at radius 1 is 0.607 bits per heavy atom. The smallest absolute Gasteiger partial charge is 0.462 e. The molecule has 0 spiro atoms. The molecule has 0 saturated heterocycles. The first kappa shape index (κ1) is 57.6. The van der Waals surface area contributed by atoms with Crippen molar-refractivity contribution in [1.82, 2.24) is 0 Å². The van der Waals surface area contributed by atoms with E-state index in [1.165, 1.54) is 25.7 Å². The number of quaternary nitrogens is 1. The van der Waals surface area contributed by atoms with Gasteiger partial charge in [0.1, 0.15) is 19.8 Å². The number of likely N-dealkylation sites (N-methyl/N-ethyl adjacent to an activating group) is 1. The van der Waals surface area contributed by atoms with Gasteiger partial charge in [-0.05, 0) is 83.5 Å². The number of nitrogens with zero attached hydrogens (tertiary/aromatic N) is 1. The molecule has 0 rings (SSSR count). The summed E-state index contributed by atoms with van der Waals surface area (Å²) in [4.78, 5) is 35.4. The second kappa shape index (κ2) is 40.7. The van der Waals surface area contributed by atoms with Gasteiger partial charge in [0.25, 0.3) is 0 Å². The van der Waals surface area contributed by atoms with Gasteiger partial charge in [0.05, 0.1) is 33.9 Å². The van der Waals surface area contributed by atoms with Crippen LogP contribution in [0.5, 0.6) is 0 Å². The molecular weight excluding hydrogens is 790 g/mol. The van der Waals surface area contributed by atoms with E-state index >= 15 is 0 Å². The van der Waals surface area contributed by atoms with Crippen LogP contribution in [-0.4, -0.2) is 86.1 Å². The van der Waals surface area contributed by atoms with Crippen LogP contribution in [0.1, 0.15) is 136 Å². The number of aliphatic hydroxyl groups excluding tert-OH is 1. The van der Waals surface area contributed by atoms with Gasteiger partial charge in [-0.1, -0.05) is 149 Å². The van der Waals surface area contributed by atoms with Crippen LogP contribution >= 0.6 is 7.82 Å². The van der Waals surface area contributed by atoms with Crippen molar-refractivity contribution in [3.05, 3.63) is 109 Å². The number of allylic oxidation sites excluding steroid dienone is 17. The standard InChI is InChI=1S/C50H82NO9P/c1-6-8-10-12-14-16-18-20-22-24-26-28-30-32-34-36-38-40-49(53)57-45-48(46-59-61(55,56)58-44-43-51(3,4)5)60-50(54)42-41-47(52)39-37-35-33-31-29-27-25-23-21-19-17-15-13-11-9-7-2/h9,11,14-17,20-23,26-29,33,35,37,39,47-48,52H,6-8,10,12-13,18-19,24-25,30-32,34,36,38,40-46H2,1-5H3/p+1/b11-9-,16-14-,17-15-,22-20-,23-21-,28-26-,29-27-,35-33-,39-37-/t47?,48-/m1/s1. The average Bonchev–Trinajstić information content (AvgIpc) is 3.21. The molecule has 0 aliphatic carbocycles. The minimum absolute atomic E-state index is 0.0211. The first-order valence-electron chi connectivity index (χ1n) is 22.7. The maximum atomic E-state index is 12.7. The Balaban J connectivity index is 4.65. The number of hydrogen-bond acceptors (Lipinski definition) is 8. The van der Waals surface area contributed by atoms with Crippen LogP contribution in [0, 0.1) is 0 Å². The van der Waals surface area contributed by atoms with Gasteiger partial charge in [-0.25, -0.2) is 4.57 Å². The molecule has 2 N–H and O–H groups in total. The van der Waals surface area contributed by atoms with E-state index < -0.39 is 38.6 Å². The summed E-state index contributed by atoms with van der Waals surface area (Å²) in [5.74, 6) is -1.12. The first-order chi connectivity index (χ1) is 29.4. The third-order valence-corrected chi connectivity index (χ3v) is 9.89. The molecule has 346 valence electrons. The van der Waals surface area contributed by atoms with E-state index in [2.05, 4.69) is 98.9 Å². The van der Waals surface area contributed by atoms with Crippen molar-refractivity contribution in [2.24, 2.45) is 0 Å². The van der Waals surface area contributed by atoms with E-state index in [1.807, 2.05) is 33.3 Å². The largest absolute Gasteiger partial charge is 0.472 e. The van der Waals surface area contributed by atoms with Crippen molar-refractivity contribution in [3.63, 3.8) is 0 Å². The van der Waals surface area contributed by atoms with Crippen molar-refractivity contribution < 1.29 is 47.2 Å². The second-order valence-corrected chi connectivity index (χ2v) is 17.3. The molecule has 0 aromatic carbocycles. The Morgan fingerprint density at radius 3 is 1.69 bits per heavy atom. The van der Waals surface area contributed by atoms with E-state index in [0.29, 0.717) is 17.4 Å². The molecule has 10 nitrogen and oxygen atoms in total. The number of rotatable bonds is 39. The molecule has 0 radical (unpaired) electrons. The number of phosphoric ester groups is 1. The fraction of sp³-hybridized carbons (Fsp3) is 0.600. The summed E-state index contributed by atoms with van der Waals surface area (Å²) in [5, 5.41) is 10.4. The van der Waals surface area contributed by atoms with Gasteiger partial charge in [-0.2, -0.15) is 0 Å². The van der Waals surface area contributed by atoms with E-state index in [4.69, 9.17) is 18.5 Å². The van der Waals surface area contributed by atoms with Crippen LogP contribution in [-0.2, 0) is 32.7 Å². The minimum Gasteiger partial charge on any atom is -0.462 e. The number of aliphatic hydroxyl groups is 1. The van der Waals surface area contributed by atoms with Gasteiger partial charge < -0.3 is 24.0 Å². The molecule has 2 unspecified atom stereocenters. The van der Waals surface area contributed by atoms with Crippen molar-refractivity contribution >= 4 is 19.8 Å². The Labute approximate surface area is 370 Å². The van der Waals surface area contributed by atoms with E-state index in [1.54, 1.807) is 12.2 Å². The lowest BCUT2D eigenvalue weighted by atomic mass is 10.1. The predicted molar refractivity (Wildman–Crippen MR) is 253 cm³/mol. The quantitative estimate of drug-likeness (QED) is 0.0155. The van der Waals surface area contributed by atoms with Crippen LogP contribution < -0.4 is 0 Å². The molecule has 11 heteroatoms. The van der Waals surface area contributed by atoms with Gasteiger partial charge in [0, 0.05) is 12.8 Å². The number of phosphoric acid groups is 1. The Morgan fingerprint density at radius 2 is 1.13 bits per heavy atom. The van der Waals surface area contributed by atoms with E-state index in [0.717, 1.165) is 70.6 Å². The van der Waals surface area contributed by atoms with Gasteiger partial charge in [0.15, 0.2) is 6.10 Å². The Kier molecular flexibility index (Phi) is 38.4. The third-order valence-electron chi connectivity index (χ3n) is 8.90. The number of carbonyl (C=O) groups is 2. The zero-order valence-corrected chi connectivity index (χ0v) is 39.4. The molecule has 0 heterocycles. The normalized spacial score (nSPS) is 15.1. The highest BCUT2D eigenvalue weighted by molar-refractivity contribution is 7.47. The van der Waals surface area contributed by atoms with Crippen LogP contribution in [0.15, 0.2) is 109 Å². The fourth-order valence-corrected chi connectivity index (χ4v) is 6.05. The molecular formula is C50H83NO9P+. The second-order valence-electron chi connectivity index (χ2n) is 15.9. The highest BCUT2D eigenvalue weighted by Gasteiger charge is 2.27. The van der Waals surface area contributed by atoms with Crippen molar-refractivity contribution in [2.45, 2.75) is 148 Å². The molecule has 3 atom stereocenters. The highest BCUT2D eigenvalue weighted by Crippen LogP contribution is 2.43. The van der Waals surface area contributed by atoms with Crippen LogP contribution in [0.25, 0.3) is 0 Å². The monoisotopic (exact) mass is 873 g/mol. The molecule has 0 saturated carbocycles. The summed E-state index contributed by atoms with van der Waals surface area (Å²) in [6.45, 7) is 3.94. The van der Waals surface area contributed by atoms with Crippen LogP contribution in [0.3, 0.4) is 0 Å². The lowest BCUT2D eigenvalue weighted by Gasteiger charge is -2.24. The van der Waals surface area contributed by atoms with Crippen molar-refractivity contribution in [2.75, 3.05) is 47.5 Å². The summed E-state index contributed by atoms with van der Waals surface area (Å²) < 4.78 is 34.1. The Hall–Kier alpha value is -3.37. The zero-order valence-electron chi connectivity index (χ0n) is 38.5. The average molecular weight is 873 g/mol. The van der Waals surface area contributed by atoms with E-state index in [9.17, 15) is 24.2 Å². The van der Waals surface area contributed by atoms with Gasteiger partial charge in [-0.3, -0.25) is 18.6 Å². The molecule has 0 aromatic rings. The first-order valence-corrected chi connectivity index (χ1v) is 24.2. The molecule has 0 aliphatic rings. The topological polar surface area (TPSA) is 129 Å². The number of esters is 2. The SMILES string of the molecule is CC/C=C\C/C=C\C/C=C\C/C=C\C/C=C\C=C/C(O)CCC(=O)O[C@H](COC(=O)CCCCCC/C=C\C/C=C\C/C=C\CCCCC)COP(=O)(O)OCC[N+](C)(C)C. The summed E-state index contributed by atoms with van der Waals surface area (Å²) in [5.41, 5.74) is 0. The van der Waals surface area contributed by atoms with Crippen molar-refractivity contribution in [3.8, 4) is 0 Å². The molecule has 0 fully saturated rings. The summed E-state index contributed by atoms with van der Waals surface area (Å²) in [7, 11) is 1.30. The molecule has 61 heavy (non-hydrogen) atoms. The minimum atomic E-state index is -4.46. The summed E-state index contributed by atoms with van der Waals surface area (Å²) >= 11 is 0. The molecule has 0 aromatic heterocycles. The van der Waals surface area contributed by atoms with Crippen LogP contribution in [0.2, 0.25) is 0 Å². The number of hydrogen-bond donors (Lipinski definition) is 2. The lowest BCUT2D eigenvalue weighted by molar-refractivity contribution is -0.870.